The van der Waals surface area contributed by atoms with Gasteiger partial charge in [0.2, 0.25) is 0 Å². The normalized spacial score (nSPS) is 17.1. The van der Waals surface area contributed by atoms with Crippen molar-refractivity contribution >= 4 is 19.8 Å². The van der Waals surface area contributed by atoms with Gasteiger partial charge in [0, 0.05) is 12.8 Å². The highest BCUT2D eigenvalue weighted by molar-refractivity contribution is 7.46. The molecule has 2 N–H and O–H groups in total. The molecule has 53 heavy (non-hydrogen) atoms. The van der Waals surface area contributed by atoms with Crippen LogP contribution in [0, 0.1) is 0 Å². The van der Waals surface area contributed by atoms with Gasteiger partial charge in [0.25, 0.3) is 0 Å². The number of carbonyl (C=O) groups is 2. The first-order valence-electron chi connectivity index (χ1n) is 20.4. The van der Waals surface area contributed by atoms with Crippen LogP contribution < -0.4 is 0 Å². The molecule has 0 aliphatic carbocycles. The lowest BCUT2D eigenvalue weighted by Crippen LogP contribution is -2.29. The second kappa shape index (κ2) is 34.0. The lowest BCUT2D eigenvalue weighted by atomic mass is 10.1. The van der Waals surface area contributed by atoms with E-state index in [1.54, 1.807) is 0 Å². The first-order chi connectivity index (χ1) is 25.7. The number of phosphoric acid groups is 1. The molecule has 3 atom stereocenters. The molecule has 9 nitrogen and oxygen atoms in total. The molecule has 0 amide bonds. The molecule has 0 aromatic heterocycles. The third-order valence-corrected chi connectivity index (χ3v) is 9.09. The van der Waals surface area contributed by atoms with Gasteiger partial charge in [-0.05, 0) is 83.5 Å². The molecule has 302 valence electrons. The van der Waals surface area contributed by atoms with E-state index in [1.165, 1.54) is 57.8 Å². The predicted molar refractivity (Wildman–Crippen MR) is 215 cm³/mol. The average Bonchev–Trinajstić information content (AvgIpc) is 3.88. The fourth-order valence-corrected chi connectivity index (χ4v) is 5.78. The quantitative estimate of drug-likeness (QED) is 0.0213. The number of epoxide rings is 1. The van der Waals surface area contributed by atoms with Gasteiger partial charge < -0.3 is 24.0 Å². The van der Waals surface area contributed by atoms with Gasteiger partial charge in [0.1, 0.15) is 6.61 Å². The van der Waals surface area contributed by atoms with Gasteiger partial charge in [-0.25, -0.2) is 4.57 Å². The van der Waals surface area contributed by atoms with Crippen molar-refractivity contribution in [3.63, 3.8) is 0 Å². The molecule has 1 heterocycles. The summed E-state index contributed by atoms with van der Waals surface area (Å²) >= 11 is 0. The third-order valence-electron chi connectivity index (χ3n) is 8.60. The van der Waals surface area contributed by atoms with Crippen LogP contribution in [-0.4, -0.2) is 53.3 Å². The second-order valence-electron chi connectivity index (χ2n) is 13.6. The van der Waals surface area contributed by atoms with E-state index in [9.17, 15) is 14.2 Å². The van der Waals surface area contributed by atoms with Crippen LogP contribution in [0.2, 0.25) is 0 Å². The van der Waals surface area contributed by atoms with Gasteiger partial charge in [0.15, 0.2) is 6.10 Å². The van der Waals surface area contributed by atoms with Crippen molar-refractivity contribution in [2.24, 2.45) is 0 Å². The maximum Gasteiger partial charge on any atom is 0.469 e. The van der Waals surface area contributed by atoms with Crippen molar-refractivity contribution in [1.82, 2.24) is 0 Å². The molecule has 1 aliphatic heterocycles. The summed E-state index contributed by atoms with van der Waals surface area (Å²) in [6, 6.07) is 0. The Labute approximate surface area is 321 Å². The van der Waals surface area contributed by atoms with E-state index in [2.05, 4.69) is 79.1 Å². The lowest BCUT2D eigenvalue weighted by molar-refractivity contribution is -0.161. The van der Waals surface area contributed by atoms with E-state index in [-0.39, 0.29) is 31.7 Å². The highest BCUT2D eigenvalue weighted by Gasteiger charge is 2.36. The topological polar surface area (TPSA) is 132 Å². The van der Waals surface area contributed by atoms with Crippen LogP contribution in [0.1, 0.15) is 155 Å². The molecule has 1 rings (SSSR count). The summed E-state index contributed by atoms with van der Waals surface area (Å²) < 4.78 is 32.0. The van der Waals surface area contributed by atoms with E-state index in [0.29, 0.717) is 25.7 Å². The van der Waals surface area contributed by atoms with Crippen LogP contribution in [0.25, 0.3) is 0 Å². The van der Waals surface area contributed by atoms with Gasteiger partial charge in [-0.15, -0.1) is 0 Å². The van der Waals surface area contributed by atoms with Crippen LogP contribution in [-0.2, 0) is 32.9 Å². The van der Waals surface area contributed by atoms with Crippen LogP contribution in [0.15, 0.2) is 72.9 Å². The fourth-order valence-electron chi connectivity index (χ4n) is 5.42. The highest BCUT2D eigenvalue weighted by Crippen LogP contribution is 2.36. The maximum atomic E-state index is 12.4. The van der Waals surface area contributed by atoms with E-state index < -0.39 is 32.5 Å². The molecule has 0 aromatic rings. The van der Waals surface area contributed by atoms with Crippen LogP contribution >= 0.6 is 7.82 Å². The first-order valence-corrected chi connectivity index (χ1v) is 21.9. The van der Waals surface area contributed by atoms with Crippen molar-refractivity contribution < 1.29 is 42.7 Å². The summed E-state index contributed by atoms with van der Waals surface area (Å²) in [5.74, 6) is -1.03. The Hall–Kier alpha value is -2.55. The highest BCUT2D eigenvalue weighted by atomic mass is 31.2. The van der Waals surface area contributed by atoms with Crippen LogP contribution in [0.3, 0.4) is 0 Å². The predicted octanol–water partition coefficient (Wildman–Crippen LogP) is 11.3. The SMILES string of the molecule is CCCCC/C=C\C/C=C\CC1OC1C/C=C\CCCC(=O)OC[C@H](COP(=O)(O)O)OC(=O)CCC/C=C\C/C=C\C/C=C\CCCCCCCC. The Morgan fingerprint density at radius 3 is 1.60 bits per heavy atom. The summed E-state index contributed by atoms with van der Waals surface area (Å²) in [6.45, 7) is 3.53. The smallest absolute Gasteiger partial charge is 0.462 e. The van der Waals surface area contributed by atoms with Gasteiger partial charge >= 0.3 is 19.8 Å². The molecule has 0 spiro atoms. The summed E-state index contributed by atoms with van der Waals surface area (Å²) in [5.41, 5.74) is 0. The Morgan fingerprint density at radius 2 is 1.02 bits per heavy atom. The van der Waals surface area contributed by atoms with Crippen molar-refractivity contribution in [1.29, 1.82) is 0 Å². The molecule has 0 bridgehead atoms. The number of carbonyl (C=O) groups excluding carboxylic acids is 2. The van der Waals surface area contributed by atoms with Crippen molar-refractivity contribution in [3.8, 4) is 0 Å². The lowest BCUT2D eigenvalue weighted by Gasteiger charge is -2.18. The maximum absolute atomic E-state index is 12.4. The van der Waals surface area contributed by atoms with E-state index in [0.717, 1.165) is 44.9 Å². The third kappa shape index (κ3) is 33.7. The van der Waals surface area contributed by atoms with Gasteiger partial charge in [0.05, 0.1) is 18.8 Å². The minimum atomic E-state index is -4.79. The Morgan fingerprint density at radius 1 is 0.585 bits per heavy atom. The summed E-state index contributed by atoms with van der Waals surface area (Å²) in [6.07, 6.45) is 46.6. The largest absolute Gasteiger partial charge is 0.469 e. The summed E-state index contributed by atoms with van der Waals surface area (Å²) in [5, 5.41) is 0. The van der Waals surface area contributed by atoms with Gasteiger partial charge in [-0.3, -0.25) is 14.1 Å². The monoisotopic (exact) mass is 762 g/mol. The number of rotatable bonds is 35. The van der Waals surface area contributed by atoms with E-state index >= 15 is 0 Å². The molecule has 0 aromatic carbocycles. The Balaban J connectivity index is 2.17. The van der Waals surface area contributed by atoms with E-state index in [4.69, 9.17) is 24.0 Å². The zero-order valence-corrected chi connectivity index (χ0v) is 33.7. The van der Waals surface area contributed by atoms with Gasteiger partial charge in [-0.1, -0.05) is 132 Å². The Kier molecular flexibility index (Phi) is 31.1. The van der Waals surface area contributed by atoms with Crippen molar-refractivity contribution in [3.05, 3.63) is 72.9 Å². The summed E-state index contributed by atoms with van der Waals surface area (Å²) in [4.78, 5) is 42.8. The standard InChI is InChI=1S/C43H71O9P/c1-3-5-7-9-11-13-14-15-16-17-18-19-20-22-24-26-32-36-43(45)51-39(38-50-53(46,47)48)37-49-42(44)35-31-28-27-30-34-41-40(52-41)33-29-25-23-21-12-10-8-6-4-2/h12,15-16,18-19,21-22,24-25,27,29-30,39-41H,3-11,13-14,17,20,23,26,28,31-38H2,1-2H3,(H2,46,47,48)/b16-15-,19-18-,21-12-,24-22-,29-25-,30-27-/t39-,40?,41?/m1/s1. The van der Waals surface area contributed by atoms with Gasteiger partial charge in [-0.2, -0.15) is 0 Å². The number of esters is 2. The number of phosphoric ester groups is 1. The van der Waals surface area contributed by atoms with Crippen molar-refractivity contribution in [2.75, 3.05) is 13.2 Å². The molecular weight excluding hydrogens is 691 g/mol. The van der Waals surface area contributed by atoms with E-state index in [1.807, 2.05) is 12.2 Å². The molecule has 1 fully saturated rings. The number of ether oxygens (including phenoxy) is 3. The zero-order valence-electron chi connectivity index (χ0n) is 32.8. The molecule has 0 radical (unpaired) electrons. The zero-order chi connectivity index (χ0) is 38.7. The molecular formula is C43H71O9P. The Bertz CT molecular complexity index is 1150. The number of hydrogen-bond acceptors (Lipinski definition) is 7. The number of allylic oxidation sites excluding steroid dienone is 10. The van der Waals surface area contributed by atoms with Crippen LogP contribution in [0.4, 0.5) is 0 Å². The minimum Gasteiger partial charge on any atom is -0.462 e. The fraction of sp³-hybridized carbons (Fsp3) is 0.674. The van der Waals surface area contributed by atoms with Crippen molar-refractivity contribution in [2.45, 2.75) is 173 Å². The molecule has 10 heteroatoms. The molecule has 1 aliphatic rings. The molecule has 1 saturated heterocycles. The average molecular weight is 763 g/mol. The second-order valence-corrected chi connectivity index (χ2v) is 14.9. The molecule has 0 saturated carbocycles. The minimum absolute atomic E-state index is 0.121. The molecule has 2 unspecified atom stereocenters. The first kappa shape index (κ1) is 48.5. The summed E-state index contributed by atoms with van der Waals surface area (Å²) in [7, 11) is -4.79. The number of hydrogen-bond donors (Lipinski definition) is 2. The number of unbranched alkanes of at least 4 members (excludes halogenated alkanes) is 11. The van der Waals surface area contributed by atoms with Crippen LogP contribution in [0.5, 0.6) is 0 Å².